The van der Waals surface area contributed by atoms with Gasteiger partial charge in [0.25, 0.3) is 5.92 Å². The molecule has 4 atom stereocenters. The Labute approximate surface area is 192 Å². The van der Waals surface area contributed by atoms with E-state index in [1.807, 2.05) is 0 Å². The van der Waals surface area contributed by atoms with Crippen molar-refractivity contribution in [3.05, 3.63) is 0 Å². The summed E-state index contributed by atoms with van der Waals surface area (Å²) in [6, 6.07) is 0. The van der Waals surface area contributed by atoms with Gasteiger partial charge in [0.1, 0.15) is 18.3 Å². The van der Waals surface area contributed by atoms with E-state index in [1.165, 1.54) is 0 Å². The number of carbonyl (C=O) groups is 1. The number of esters is 1. The van der Waals surface area contributed by atoms with Crippen molar-refractivity contribution in [1.29, 1.82) is 0 Å². The van der Waals surface area contributed by atoms with Crippen molar-refractivity contribution < 1.29 is 37.3 Å². The lowest BCUT2D eigenvalue weighted by molar-refractivity contribution is -0.259. The van der Waals surface area contributed by atoms with Crippen molar-refractivity contribution in [3.8, 4) is 0 Å². The molecule has 0 saturated carbocycles. The molecule has 0 N–H and O–H groups in total. The summed E-state index contributed by atoms with van der Waals surface area (Å²) in [5, 5.41) is 0. The molecule has 32 heavy (non-hydrogen) atoms. The minimum Gasteiger partial charge on any atom is -0.466 e. The van der Waals surface area contributed by atoms with Gasteiger partial charge in [-0.05, 0) is 26.2 Å². The van der Waals surface area contributed by atoms with Crippen LogP contribution in [0.4, 0.5) is 8.78 Å². The summed E-state index contributed by atoms with van der Waals surface area (Å²) >= 11 is 0. The average Bonchev–Trinajstić information content (AvgIpc) is 2.77. The van der Waals surface area contributed by atoms with Gasteiger partial charge in [0, 0.05) is 32.7 Å². The molecule has 6 nitrogen and oxygen atoms in total. The fourth-order valence-electron chi connectivity index (χ4n) is 3.56. The summed E-state index contributed by atoms with van der Waals surface area (Å²) in [6.07, 6.45) is 1.58. The highest BCUT2D eigenvalue weighted by atomic mass is 19.3. The van der Waals surface area contributed by atoms with Gasteiger partial charge in [-0.15, -0.1) is 0 Å². The zero-order chi connectivity index (χ0) is 23.8. The highest BCUT2D eigenvalue weighted by Crippen LogP contribution is 2.37. The Bertz CT molecular complexity index is 491. The Morgan fingerprint density at radius 1 is 0.969 bits per heavy atom. The highest BCUT2D eigenvalue weighted by molar-refractivity contribution is 5.69. The van der Waals surface area contributed by atoms with E-state index in [2.05, 4.69) is 20.8 Å². The van der Waals surface area contributed by atoms with Gasteiger partial charge in [-0.2, -0.15) is 0 Å². The van der Waals surface area contributed by atoms with Gasteiger partial charge in [-0.25, -0.2) is 8.78 Å². The molecule has 1 aliphatic rings. The highest BCUT2D eigenvalue weighted by Gasteiger charge is 2.50. The second kappa shape index (κ2) is 16.7. The molecule has 1 fully saturated rings. The van der Waals surface area contributed by atoms with Crippen LogP contribution in [0.25, 0.3) is 0 Å². The Morgan fingerprint density at radius 2 is 1.59 bits per heavy atom. The first-order valence-electron chi connectivity index (χ1n) is 12.4. The van der Waals surface area contributed by atoms with Crippen LogP contribution in [-0.4, -0.2) is 69.3 Å². The standard InChI is InChI=1S/C24H44F2O6/c1-5-9-14-28-18-20-23(31-16-11-7-3)19(30-15-10-6-2)17-21(32-20)24(25,26)13-12-22(27)29-8-4/h19-21,23H,5-18H2,1-4H3/t19-,20-,21-,23-/m1/s1. The fourth-order valence-corrected chi connectivity index (χ4v) is 3.56. The van der Waals surface area contributed by atoms with Gasteiger partial charge in [0.2, 0.25) is 0 Å². The lowest BCUT2D eigenvalue weighted by Gasteiger charge is -2.43. The van der Waals surface area contributed by atoms with Gasteiger partial charge < -0.3 is 23.7 Å². The van der Waals surface area contributed by atoms with E-state index in [-0.39, 0.29) is 26.1 Å². The Balaban J connectivity index is 2.92. The Hall–Kier alpha value is -0.830. The summed E-state index contributed by atoms with van der Waals surface area (Å²) < 4.78 is 58.6. The van der Waals surface area contributed by atoms with Gasteiger partial charge >= 0.3 is 5.97 Å². The van der Waals surface area contributed by atoms with Crippen LogP contribution in [0.1, 0.15) is 85.5 Å². The second-order valence-corrected chi connectivity index (χ2v) is 8.35. The molecule has 190 valence electrons. The van der Waals surface area contributed by atoms with E-state index < -0.39 is 42.7 Å². The quantitative estimate of drug-likeness (QED) is 0.202. The molecule has 0 amide bonds. The van der Waals surface area contributed by atoms with E-state index in [0.717, 1.165) is 38.5 Å². The van der Waals surface area contributed by atoms with Crippen molar-refractivity contribution in [2.75, 3.05) is 33.0 Å². The second-order valence-electron chi connectivity index (χ2n) is 8.35. The van der Waals surface area contributed by atoms with Crippen LogP contribution in [0.5, 0.6) is 0 Å². The number of hydrogen-bond donors (Lipinski definition) is 0. The maximum atomic E-state index is 15.1. The molecule has 1 aliphatic heterocycles. The molecule has 0 aromatic carbocycles. The van der Waals surface area contributed by atoms with Crippen molar-refractivity contribution in [1.82, 2.24) is 0 Å². The van der Waals surface area contributed by atoms with Crippen LogP contribution in [0.3, 0.4) is 0 Å². The molecule has 1 saturated heterocycles. The van der Waals surface area contributed by atoms with Crippen molar-refractivity contribution in [3.63, 3.8) is 0 Å². The van der Waals surface area contributed by atoms with Crippen LogP contribution in [0.2, 0.25) is 0 Å². The molecule has 0 radical (unpaired) electrons. The maximum Gasteiger partial charge on any atom is 0.305 e. The lowest BCUT2D eigenvalue weighted by Crippen LogP contribution is -2.57. The predicted molar refractivity (Wildman–Crippen MR) is 119 cm³/mol. The first kappa shape index (κ1) is 29.2. The number of unbranched alkanes of at least 4 members (excludes halogenated alkanes) is 3. The predicted octanol–water partition coefficient (Wildman–Crippen LogP) is 5.31. The minimum atomic E-state index is -3.19. The molecule has 8 heteroatoms. The largest absolute Gasteiger partial charge is 0.466 e. The first-order valence-corrected chi connectivity index (χ1v) is 12.4. The third-order valence-corrected chi connectivity index (χ3v) is 5.52. The van der Waals surface area contributed by atoms with Crippen LogP contribution in [0, 0.1) is 0 Å². The summed E-state index contributed by atoms with van der Waals surface area (Å²) in [7, 11) is 0. The van der Waals surface area contributed by atoms with Gasteiger partial charge in [-0.1, -0.05) is 40.0 Å². The molecule has 0 aliphatic carbocycles. The smallest absolute Gasteiger partial charge is 0.305 e. The number of alkyl halides is 2. The molecule has 0 aromatic rings. The number of carbonyl (C=O) groups excluding carboxylic acids is 1. The summed E-state index contributed by atoms with van der Waals surface area (Å²) in [5.74, 6) is -3.81. The Kier molecular flexibility index (Phi) is 15.3. The number of hydrogen-bond acceptors (Lipinski definition) is 6. The topological polar surface area (TPSA) is 63.2 Å². The third-order valence-electron chi connectivity index (χ3n) is 5.52. The SMILES string of the molecule is CCCCOC[C@H]1O[C@@H](C(F)(F)CCC(=O)OCC)C[C@@H](OCCCC)[C@H]1OCCCC. The number of halogens is 2. The molecular weight excluding hydrogens is 422 g/mol. The van der Waals surface area contributed by atoms with E-state index in [0.29, 0.717) is 19.8 Å². The average molecular weight is 467 g/mol. The zero-order valence-corrected chi connectivity index (χ0v) is 20.4. The van der Waals surface area contributed by atoms with Gasteiger partial charge in [-0.3, -0.25) is 4.79 Å². The maximum absolute atomic E-state index is 15.1. The van der Waals surface area contributed by atoms with Crippen molar-refractivity contribution >= 4 is 5.97 Å². The monoisotopic (exact) mass is 466 g/mol. The first-order chi connectivity index (χ1) is 15.4. The summed E-state index contributed by atoms with van der Waals surface area (Å²) in [4.78, 5) is 11.6. The van der Waals surface area contributed by atoms with E-state index in [1.54, 1.807) is 6.92 Å². The van der Waals surface area contributed by atoms with E-state index in [9.17, 15) is 4.79 Å². The molecule has 0 aromatic heterocycles. The molecule has 1 heterocycles. The molecule has 0 unspecified atom stereocenters. The van der Waals surface area contributed by atoms with Gasteiger partial charge in [0.05, 0.1) is 25.7 Å². The van der Waals surface area contributed by atoms with E-state index >= 15 is 8.78 Å². The molecule has 0 bridgehead atoms. The number of rotatable bonds is 18. The van der Waals surface area contributed by atoms with Crippen LogP contribution < -0.4 is 0 Å². The summed E-state index contributed by atoms with van der Waals surface area (Å²) in [6.45, 7) is 9.74. The molecule has 0 spiro atoms. The van der Waals surface area contributed by atoms with Gasteiger partial charge in [0.15, 0.2) is 0 Å². The number of ether oxygens (including phenoxy) is 5. The van der Waals surface area contributed by atoms with E-state index in [4.69, 9.17) is 23.7 Å². The summed E-state index contributed by atoms with van der Waals surface area (Å²) in [5.41, 5.74) is 0. The fraction of sp³-hybridized carbons (Fsp3) is 0.958. The van der Waals surface area contributed by atoms with Crippen molar-refractivity contribution in [2.45, 2.75) is 116 Å². The van der Waals surface area contributed by atoms with Crippen LogP contribution in [-0.2, 0) is 28.5 Å². The van der Waals surface area contributed by atoms with Crippen LogP contribution >= 0.6 is 0 Å². The minimum absolute atomic E-state index is 0.0157. The van der Waals surface area contributed by atoms with Crippen molar-refractivity contribution in [2.24, 2.45) is 0 Å². The molecule has 1 rings (SSSR count). The normalized spacial score (nSPS) is 23.9. The third kappa shape index (κ3) is 10.9. The molecular formula is C24H44F2O6. The zero-order valence-electron chi connectivity index (χ0n) is 20.4. The Morgan fingerprint density at radius 3 is 2.22 bits per heavy atom. The lowest BCUT2D eigenvalue weighted by atomic mass is 9.92. The van der Waals surface area contributed by atoms with Crippen LogP contribution in [0.15, 0.2) is 0 Å².